The van der Waals surface area contributed by atoms with Crippen LogP contribution in [0.4, 0.5) is 0 Å². The van der Waals surface area contributed by atoms with Gasteiger partial charge in [-0.15, -0.1) is 11.3 Å². The lowest BCUT2D eigenvalue weighted by Gasteiger charge is -2.03. The van der Waals surface area contributed by atoms with Crippen molar-refractivity contribution >= 4 is 27.1 Å². The minimum absolute atomic E-state index is 0.159. The monoisotopic (exact) mass is 229 g/mol. The number of hydrogen-bond donors (Lipinski definition) is 1. The number of carbonyl (C=O) groups excluding carboxylic acids is 1. The lowest BCUT2D eigenvalue weighted by Crippen LogP contribution is -2.29. The minimum Gasteiger partial charge on any atom is -0.354 e. The van der Waals surface area contributed by atoms with Crippen molar-refractivity contribution in [1.29, 1.82) is 0 Å². The molecule has 2 aliphatic heterocycles. The summed E-state index contributed by atoms with van der Waals surface area (Å²) in [6, 6.07) is 1.81. The van der Waals surface area contributed by atoms with Crippen molar-refractivity contribution in [2.75, 3.05) is 6.54 Å². The van der Waals surface area contributed by atoms with Gasteiger partial charge in [-0.25, -0.2) is 8.42 Å². The number of thiophene rings is 1. The summed E-state index contributed by atoms with van der Waals surface area (Å²) in [5, 5.41) is 3.50. The highest BCUT2D eigenvalue weighted by Crippen LogP contribution is 2.45. The zero-order chi connectivity index (χ0) is 9.92. The Morgan fingerprint density at radius 2 is 2.29 bits per heavy atom. The largest absolute Gasteiger partial charge is 0.354 e. The number of amides is 1. The van der Waals surface area contributed by atoms with Crippen LogP contribution in [0, 0.1) is 0 Å². The van der Waals surface area contributed by atoms with E-state index >= 15 is 0 Å². The quantitative estimate of drug-likeness (QED) is 0.687. The van der Waals surface area contributed by atoms with Crippen LogP contribution in [0.15, 0.2) is 15.7 Å². The van der Waals surface area contributed by atoms with E-state index in [1.54, 1.807) is 5.38 Å². The Balaban J connectivity index is 2.31. The van der Waals surface area contributed by atoms with Gasteiger partial charge in [-0.3, -0.25) is 4.79 Å². The molecular weight excluding hydrogens is 222 g/mol. The Morgan fingerprint density at radius 1 is 1.50 bits per heavy atom. The maximum Gasteiger partial charge on any atom is 0.239 e. The first-order valence-corrected chi connectivity index (χ1v) is 6.64. The third kappa shape index (κ3) is 0.784. The number of rotatable bonds is 0. The van der Waals surface area contributed by atoms with Crippen LogP contribution in [0.25, 0.3) is 0 Å². The van der Waals surface area contributed by atoms with Gasteiger partial charge in [0.15, 0.2) is 5.25 Å². The average Bonchev–Trinajstić information content (AvgIpc) is 2.70. The van der Waals surface area contributed by atoms with Crippen LogP contribution < -0.4 is 5.32 Å². The van der Waals surface area contributed by atoms with E-state index in [1.165, 1.54) is 11.3 Å². The lowest BCUT2D eigenvalue weighted by atomic mass is 10.0. The van der Waals surface area contributed by atoms with E-state index in [0.717, 1.165) is 5.56 Å². The molecule has 0 aromatic carbocycles. The van der Waals surface area contributed by atoms with Gasteiger partial charge in [0.1, 0.15) is 4.21 Å². The average molecular weight is 229 g/mol. The summed E-state index contributed by atoms with van der Waals surface area (Å²) in [4.78, 5) is 11.4. The maximum atomic E-state index is 11.9. The van der Waals surface area contributed by atoms with Gasteiger partial charge in [0, 0.05) is 12.5 Å². The molecule has 2 atom stereocenters. The smallest absolute Gasteiger partial charge is 0.239 e. The van der Waals surface area contributed by atoms with E-state index in [-0.39, 0.29) is 11.8 Å². The van der Waals surface area contributed by atoms with Crippen LogP contribution in [0.2, 0.25) is 0 Å². The van der Waals surface area contributed by atoms with Crippen LogP contribution in [-0.4, -0.2) is 26.1 Å². The molecule has 3 rings (SSSR count). The van der Waals surface area contributed by atoms with E-state index in [1.807, 2.05) is 6.07 Å². The minimum atomic E-state index is -3.38. The van der Waals surface area contributed by atoms with Crippen LogP contribution >= 0.6 is 11.3 Å². The molecule has 74 valence electrons. The Bertz CT molecular complexity index is 516. The van der Waals surface area contributed by atoms with Crippen molar-refractivity contribution in [2.45, 2.75) is 15.4 Å². The molecule has 1 N–H and O–H groups in total. The van der Waals surface area contributed by atoms with E-state index in [9.17, 15) is 13.2 Å². The summed E-state index contributed by atoms with van der Waals surface area (Å²) >= 11 is 1.21. The number of nitrogens with one attached hydrogen (secondary N) is 1. The summed E-state index contributed by atoms with van der Waals surface area (Å²) in [6.45, 7) is 0.451. The highest BCUT2D eigenvalue weighted by Gasteiger charge is 2.53. The van der Waals surface area contributed by atoms with Gasteiger partial charge in [0.25, 0.3) is 0 Å². The third-order valence-electron chi connectivity index (χ3n) is 2.77. The topological polar surface area (TPSA) is 63.2 Å². The van der Waals surface area contributed by atoms with E-state index < -0.39 is 15.1 Å². The van der Waals surface area contributed by atoms with Gasteiger partial charge in [0.05, 0.1) is 0 Å². The fraction of sp³-hybridized carbons (Fsp3) is 0.375. The molecule has 14 heavy (non-hydrogen) atoms. The molecule has 0 saturated carbocycles. The van der Waals surface area contributed by atoms with Crippen molar-refractivity contribution < 1.29 is 13.2 Å². The standard InChI is InChI=1S/C8H7NO3S2/c10-7-6-5(3-9-7)4-1-2-13-8(4)14(6,11)12/h1-2,5-6H,3H2,(H,9,10)/t5-,6+/m1/s1. The summed E-state index contributed by atoms with van der Waals surface area (Å²) in [6.07, 6.45) is 0. The van der Waals surface area contributed by atoms with Crippen LogP contribution in [0.5, 0.6) is 0 Å². The summed E-state index contributed by atoms with van der Waals surface area (Å²) in [5.41, 5.74) is 0.818. The molecule has 0 aliphatic carbocycles. The van der Waals surface area contributed by atoms with Crippen molar-refractivity contribution in [3.05, 3.63) is 17.0 Å². The fourth-order valence-corrected chi connectivity index (χ4v) is 5.68. The normalized spacial score (nSPS) is 32.4. The molecule has 1 fully saturated rings. The first-order valence-electron chi connectivity index (χ1n) is 4.21. The van der Waals surface area contributed by atoms with Crippen molar-refractivity contribution in [2.24, 2.45) is 0 Å². The Labute approximate surface area is 84.9 Å². The molecular formula is C8H7NO3S2. The summed E-state index contributed by atoms with van der Waals surface area (Å²) in [5.74, 6) is -0.507. The predicted octanol–water partition coefficient (Wildman–Crippen LogP) is 0.117. The van der Waals surface area contributed by atoms with Crippen LogP contribution in [0.3, 0.4) is 0 Å². The first-order chi connectivity index (χ1) is 6.62. The molecule has 2 aliphatic rings. The number of hydrogen-bond acceptors (Lipinski definition) is 4. The zero-order valence-corrected chi connectivity index (χ0v) is 8.69. The van der Waals surface area contributed by atoms with Gasteiger partial charge in [0.2, 0.25) is 15.7 Å². The molecule has 0 spiro atoms. The summed E-state index contributed by atoms with van der Waals surface area (Å²) in [7, 11) is -3.38. The molecule has 4 nitrogen and oxygen atoms in total. The highest BCUT2D eigenvalue weighted by atomic mass is 32.2. The number of sulfone groups is 1. The Hall–Kier alpha value is -0.880. The third-order valence-corrected chi connectivity index (χ3v) is 6.44. The number of fused-ring (bicyclic) bond motifs is 3. The Kier molecular flexibility index (Phi) is 1.43. The zero-order valence-electron chi connectivity index (χ0n) is 7.06. The van der Waals surface area contributed by atoms with Crippen LogP contribution in [0.1, 0.15) is 11.5 Å². The second kappa shape index (κ2) is 2.38. The SMILES string of the molecule is O=C1NC[C@@H]2c3ccsc3S(=O)(=O)[C@H]12. The second-order valence-corrected chi connectivity index (χ2v) is 6.66. The van der Waals surface area contributed by atoms with Gasteiger partial charge in [-0.2, -0.15) is 0 Å². The fourth-order valence-electron chi connectivity index (χ4n) is 2.16. The van der Waals surface area contributed by atoms with Gasteiger partial charge < -0.3 is 5.32 Å². The molecule has 0 bridgehead atoms. The van der Waals surface area contributed by atoms with Crippen molar-refractivity contribution in [3.63, 3.8) is 0 Å². The Morgan fingerprint density at radius 3 is 3.07 bits per heavy atom. The van der Waals surface area contributed by atoms with E-state index in [2.05, 4.69) is 5.32 Å². The van der Waals surface area contributed by atoms with Gasteiger partial charge in [-0.1, -0.05) is 0 Å². The lowest BCUT2D eigenvalue weighted by molar-refractivity contribution is -0.118. The van der Waals surface area contributed by atoms with E-state index in [4.69, 9.17) is 0 Å². The van der Waals surface area contributed by atoms with Crippen molar-refractivity contribution in [1.82, 2.24) is 5.32 Å². The van der Waals surface area contributed by atoms with Gasteiger partial charge in [-0.05, 0) is 17.0 Å². The molecule has 1 amide bonds. The molecule has 1 saturated heterocycles. The molecule has 0 radical (unpaired) electrons. The molecule has 1 aromatic heterocycles. The predicted molar refractivity (Wildman–Crippen MR) is 51.0 cm³/mol. The van der Waals surface area contributed by atoms with E-state index in [0.29, 0.717) is 10.8 Å². The van der Waals surface area contributed by atoms with Crippen molar-refractivity contribution in [3.8, 4) is 0 Å². The maximum absolute atomic E-state index is 11.9. The van der Waals surface area contributed by atoms with Crippen LogP contribution in [-0.2, 0) is 14.6 Å². The molecule has 3 heterocycles. The number of carbonyl (C=O) groups is 1. The first kappa shape index (κ1) is 8.43. The second-order valence-electron chi connectivity index (χ2n) is 3.48. The molecule has 0 unspecified atom stereocenters. The molecule has 6 heteroatoms. The molecule has 1 aromatic rings. The highest BCUT2D eigenvalue weighted by molar-refractivity contribution is 7.95. The van der Waals surface area contributed by atoms with Gasteiger partial charge >= 0.3 is 0 Å². The summed E-state index contributed by atoms with van der Waals surface area (Å²) < 4.78 is 24.2.